The van der Waals surface area contributed by atoms with Crippen LogP contribution in [0.15, 0.2) is 16.5 Å². The number of amides is 1. The minimum Gasteiger partial charge on any atom is -0.454 e. The molecule has 0 spiro atoms. The minimum atomic E-state index is -0.200. The van der Waals surface area contributed by atoms with Gasteiger partial charge in [0.15, 0.2) is 5.76 Å². The molecule has 3 N–H and O–H groups in total. The van der Waals surface area contributed by atoms with Crippen molar-refractivity contribution in [2.24, 2.45) is 5.73 Å². The van der Waals surface area contributed by atoms with Crippen molar-refractivity contribution in [1.29, 1.82) is 0 Å². The average Bonchev–Trinajstić information content (AvgIpc) is 2.52. The molecule has 1 rings (SSSR count). The number of nitrogens with two attached hydrogens (primary N) is 1. The summed E-state index contributed by atoms with van der Waals surface area (Å²) >= 11 is 0. The first-order valence-corrected chi connectivity index (χ1v) is 4.28. The number of carbonyl (C=O) groups excluding carboxylic acids is 1. The van der Waals surface area contributed by atoms with E-state index in [2.05, 4.69) is 5.32 Å². The Morgan fingerprint density at radius 1 is 1.69 bits per heavy atom. The van der Waals surface area contributed by atoms with Crippen LogP contribution in [0.3, 0.4) is 0 Å². The van der Waals surface area contributed by atoms with Crippen molar-refractivity contribution >= 4 is 5.91 Å². The summed E-state index contributed by atoms with van der Waals surface area (Å²) in [4.78, 5) is 11.2. The van der Waals surface area contributed by atoms with Gasteiger partial charge in [0.1, 0.15) is 5.76 Å². The normalized spacial score (nSPS) is 12.5. The second kappa shape index (κ2) is 4.09. The molecule has 4 heteroatoms. The van der Waals surface area contributed by atoms with Gasteiger partial charge in [0, 0.05) is 6.54 Å². The highest BCUT2D eigenvalue weighted by Gasteiger charge is 2.11. The summed E-state index contributed by atoms with van der Waals surface area (Å²) in [7, 11) is 0. The van der Waals surface area contributed by atoms with E-state index in [4.69, 9.17) is 10.2 Å². The van der Waals surface area contributed by atoms with Gasteiger partial charge in [-0.05, 0) is 26.0 Å². The summed E-state index contributed by atoms with van der Waals surface area (Å²) in [5, 5.41) is 2.64. The van der Waals surface area contributed by atoms with Crippen LogP contribution in [0.2, 0.25) is 0 Å². The van der Waals surface area contributed by atoms with Crippen LogP contribution in [-0.2, 0) is 0 Å². The molecule has 1 unspecified atom stereocenters. The number of furan rings is 1. The predicted molar refractivity (Wildman–Crippen MR) is 49.3 cm³/mol. The zero-order chi connectivity index (χ0) is 9.84. The first-order valence-electron chi connectivity index (χ1n) is 4.28. The van der Waals surface area contributed by atoms with Gasteiger partial charge in [0.2, 0.25) is 0 Å². The van der Waals surface area contributed by atoms with Crippen LogP contribution in [0.5, 0.6) is 0 Å². The Hall–Kier alpha value is -1.29. The fourth-order valence-electron chi connectivity index (χ4n) is 0.967. The molecule has 1 heterocycles. The summed E-state index contributed by atoms with van der Waals surface area (Å²) in [5.74, 6) is 0.741. The number of nitrogens with one attached hydrogen (secondary N) is 1. The van der Waals surface area contributed by atoms with Gasteiger partial charge in [-0.1, -0.05) is 0 Å². The van der Waals surface area contributed by atoms with Gasteiger partial charge in [-0.3, -0.25) is 4.79 Å². The molecule has 72 valence electrons. The lowest BCUT2D eigenvalue weighted by atomic mass is 10.3. The summed E-state index contributed by atoms with van der Waals surface area (Å²) < 4.78 is 5.22. The van der Waals surface area contributed by atoms with Gasteiger partial charge in [0.05, 0.1) is 6.04 Å². The molecule has 1 amide bonds. The van der Waals surface area contributed by atoms with Crippen molar-refractivity contribution < 1.29 is 9.21 Å². The van der Waals surface area contributed by atoms with E-state index >= 15 is 0 Å². The van der Waals surface area contributed by atoms with Crippen molar-refractivity contribution in [3.63, 3.8) is 0 Å². The molecule has 0 aliphatic heterocycles. The first-order chi connectivity index (χ1) is 6.15. The highest BCUT2D eigenvalue weighted by molar-refractivity contribution is 5.91. The zero-order valence-electron chi connectivity index (χ0n) is 7.83. The molecule has 0 radical (unpaired) electrons. The Balaban J connectivity index is 2.73. The van der Waals surface area contributed by atoms with Crippen LogP contribution in [-0.4, -0.2) is 12.5 Å². The first kappa shape index (κ1) is 9.80. The van der Waals surface area contributed by atoms with Gasteiger partial charge >= 0.3 is 0 Å². The van der Waals surface area contributed by atoms with Crippen LogP contribution in [0.25, 0.3) is 0 Å². The molecule has 1 aromatic rings. The topological polar surface area (TPSA) is 68.3 Å². The van der Waals surface area contributed by atoms with E-state index in [1.807, 2.05) is 6.92 Å². The van der Waals surface area contributed by atoms with E-state index < -0.39 is 0 Å². The van der Waals surface area contributed by atoms with E-state index in [9.17, 15) is 4.79 Å². The molecule has 0 aromatic carbocycles. The monoisotopic (exact) mass is 182 g/mol. The Morgan fingerprint density at radius 2 is 2.38 bits per heavy atom. The van der Waals surface area contributed by atoms with Crippen molar-refractivity contribution in [3.8, 4) is 0 Å². The summed E-state index contributed by atoms with van der Waals surface area (Å²) in [6, 6.07) is 3.17. The summed E-state index contributed by atoms with van der Waals surface area (Å²) in [5.41, 5.74) is 5.58. The Kier molecular flexibility index (Phi) is 3.08. The van der Waals surface area contributed by atoms with Gasteiger partial charge in [-0.25, -0.2) is 0 Å². The number of hydrogen-bond donors (Lipinski definition) is 2. The zero-order valence-corrected chi connectivity index (χ0v) is 7.83. The SMILES string of the molecule is CCNC(=O)c1ccc(C(C)N)o1. The van der Waals surface area contributed by atoms with Crippen molar-refractivity contribution in [2.45, 2.75) is 19.9 Å². The second-order valence-corrected chi connectivity index (χ2v) is 2.85. The van der Waals surface area contributed by atoms with Gasteiger partial charge < -0.3 is 15.5 Å². The molecule has 0 saturated carbocycles. The maximum Gasteiger partial charge on any atom is 0.286 e. The number of hydrogen-bond acceptors (Lipinski definition) is 3. The molecule has 1 aromatic heterocycles. The van der Waals surface area contributed by atoms with Crippen LogP contribution in [0.4, 0.5) is 0 Å². The van der Waals surface area contributed by atoms with Crippen LogP contribution in [0.1, 0.15) is 36.2 Å². The number of rotatable bonds is 3. The van der Waals surface area contributed by atoms with E-state index in [0.29, 0.717) is 18.1 Å². The smallest absolute Gasteiger partial charge is 0.286 e. The fraction of sp³-hybridized carbons (Fsp3) is 0.444. The molecule has 0 saturated heterocycles. The summed E-state index contributed by atoms with van der Waals surface area (Å²) in [6.07, 6.45) is 0. The van der Waals surface area contributed by atoms with Crippen LogP contribution in [0, 0.1) is 0 Å². The quantitative estimate of drug-likeness (QED) is 0.734. The van der Waals surface area contributed by atoms with Crippen molar-refractivity contribution in [2.75, 3.05) is 6.54 Å². The van der Waals surface area contributed by atoms with Crippen LogP contribution >= 0.6 is 0 Å². The third kappa shape index (κ3) is 2.32. The maximum absolute atomic E-state index is 11.2. The van der Waals surface area contributed by atoms with Crippen molar-refractivity contribution in [1.82, 2.24) is 5.32 Å². The number of carbonyl (C=O) groups is 1. The third-order valence-electron chi connectivity index (χ3n) is 1.64. The summed E-state index contributed by atoms with van der Waals surface area (Å²) in [6.45, 7) is 4.25. The minimum absolute atomic E-state index is 0.178. The average molecular weight is 182 g/mol. The molecule has 4 nitrogen and oxygen atoms in total. The van der Waals surface area contributed by atoms with E-state index in [0.717, 1.165) is 0 Å². The fourth-order valence-corrected chi connectivity index (χ4v) is 0.967. The lowest BCUT2D eigenvalue weighted by Gasteiger charge is -1.99. The van der Waals surface area contributed by atoms with E-state index in [-0.39, 0.29) is 11.9 Å². The van der Waals surface area contributed by atoms with Gasteiger partial charge in [0.25, 0.3) is 5.91 Å². The second-order valence-electron chi connectivity index (χ2n) is 2.85. The standard InChI is InChI=1S/C9H14N2O2/c1-3-11-9(12)8-5-4-7(13-8)6(2)10/h4-6H,3,10H2,1-2H3,(H,11,12). The van der Waals surface area contributed by atoms with E-state index in [1.165, 1.54) is 0 Å². The Bertz CT molecular complexity index is 292. The van der Waals surface area contributed by atoms with Gasteiger partial charge in [-0.2, -0.15) is 0 Å². The molecule has 1 atom stereocenters. The largest absolute Gasteiger partial charge is 0.454 e. The molecular weight excluding hydrogens is 168 g/mol. The lowest BCUT2D eigenvalue weighted by molar-refractivity contribution is 0.0926. The highest BCUT2D eigenvalue weighted by atomic mass is 16.4. The maximum atomic E-state index is 11.2. The Morgan fingerprint density at radius 3 is 2.85 bits per heavy atom. The lowest BCUT2D eigenvalue weighted by Crippen LogP contribution is -2.21. The molecular formula is C9H14N2O2. The molecule has 0 aliphatic rings. The van der Waals surface area contributed by atoms with E-state index in [1.54, 1.807) is 19.1 Å². The third-order valence-corrected chi connectivity index (χ3v) is 1.64. The Labute approximate surface area is 77.1 Å². The van der Waals surface area contributed by atoms with Gasteiger partial charge in [-0.15, -0.1) is 0 Å². The predicted octanol–water partition coefficient (Wildman–Crippen LogP) is 1.05. The molecule has 13 heavy (non-hydrogen) atoms. The molecule has 0 fully saturated rings. The highest BCUT2D eigenvalue weighted by Crippen LogP contribution is 2.13. The van der Waals surface area contributed by atoms with Crippen LogP contribution < -0.4 is 11.1 Å². The van der Waals surface area contributed by atoms with Crippen molar-refractivity contribution in [3.05, 3.63) is 23.7 Å². The molecule has 0 aliphatic carbocycles. The molecule has 0 bridgehead atoms.